The zero-order chi connectivity index (χ0) is 23.1. The molecule has 0 radical (unpaired) electrons. The van der Waals surface area contributed by atoms with Gasteiger partial charge in [-0.1, -0.05) is 41.4 Å². The van der Waals surface area contributed by atoms with Crippen molar-refractivity contribution >= 4 is 32.5 Å². The molecule has 0 aliphatic carbocycles. The van der Waals surface area contributed by atoms with Gasteiger partial charge in [0.2, 0.25) is 10.0 Å². The van der Waals surface area contributed by atoms with E-state index in [0.717, 1.165) is 23.2 Å². The third-order valence-electron chi connectivity index (χ3n) is 5.16. The van der Waals surface area contributed by atoms with Gasteiger partial charge in [0.15, 0.2) is 0 Å². The number of aromatic amines is 1. The average Bonchev–Trinajstić information content (AvgIpc) is 3.15. The summed E-state index contributed by atoms with van der Waals surface area (Å²) in [4.78, 5) is 3.11. The van der Waals surface area contributed by atoms with Crippen LogP contribution in [0.1, 0.15) is 28.3 Å². The lowest BCUT2D eigenvalue weighted by Gasteiger charge is -2.20. The lowest BCUT2D eigenvalue weighted by molar-refractivity contribution is -0.137. The van der Waals surface area contributed by atoms with Gasteiger partial charge < -0.3 is 4.98 Å². The zero-order valence-electron chi connectivity index (χ0n) is 16.7. The van der Waals surface area contributed by atoms with Gasteiger partial charge in [-0.05, 0) is 60.5 Å². The highest BCUT2D eigenvalue weighted by Gasteiger charge is 2.31. The van der Waals surface area contributed by atoms with E-state index in [1.165, 1.54) is 24.3 Å². The smallest absolute Gasteiger partial charge is 0.361 e. The van der Waals surface area contributed by atoms with Gasteiger partial charge in [0.25, 0.3) is 0 Å². The number of aryl methyl sites for hydroxylation is 1. The molecule has 0 spiro atoms. The maximum absolute atomic E-state index is 13.1. The van der Waals surface area contributed by atoms with Crippen LogP contribution in [0.2, 0.25) is 5.02 Å². The summed E-state index contributed by atoms with van der Waals surface area (Å²) in [7, 11) is -3.99. The first-order chi connectivity index (χ1) is 15.0. The van der Waals surface area contributed by atoms with Crippen LogP contribution in [-0.4, -0.2) is 13.4 Å². The van der Waals surface area contributed by atoms with Gasteiger partial charge in [-0.3, -0.25) is 0 Å². The van der Waals surface area contributed by atoms with E-state index in [1.54, 1.807) is 36.5 Å². The van der Waals surface area contributed by atoms with Gasteiger partial charge in [0, 0.05) is 22.1 Å². The number of hydrogen-bond donors (Lipinski definition) is 2. The van der Waals surface area contributed by atoms with Gasteiger partial charge in [0.1, 0.15) is 0 Å². The molecule has 32 heavy (non-hydrogen) atoms. The first-order valence-electron chi connectivity index (χ1n) is 9.57. The number of aromatic nitrogens is 1. The van der Waals surface area contributed by atoms with E-state index in [4.69, 9.17) is 11.6 Å². The van der Waals surface area contributed by atoms with Crippen LogP contribution >= 0.6 is 11.6 Å². The van der Waals surface area contributed by atoms with Crippen LogP contribution in [0.4, 0.5) is 13.2 Å². The molecule has 0 saturated carbocycles. The number of fused-ring (bicyclic) bond motifs is 1. The van der Waals surface area contributed by atoms with Crippen LogP contribution in [0.5, 0.6) is 0 Å². The lowest BCUT2D eigenvalue weighted by Crippen LogP contribution is -2.29. The molecule has 0 aliphatic heterocycles. The molecule has 4 aromatic rings. The number of sulfonamides is 1. The second-order valence-electron chi connectivity index (χ2n) is 7.42. The Morgan fingerprint density at radius 1 is 0.969 bits per heavy atom. The van der Waals surface area contributed by atoms with Crippen LogP contribution in [0.25, 0.3) is 10.9 Å². The van der Waals surface area contributed by atoms with Crippen molar-refractivity contribution < 1.29 is 21.6 Å². The van der Waals surface area contributed by atoms with E-state index in [1.807, 2.05) is 6.92 Å². The molecule has 9 heteroatoms. The second-order valence-corrected chi connectivity index (χ2v) is 9.57. The number of nitrogens with one attached hydrogen (secondary N) is 2. The molecule has 0 fully saturated rings. The predicted molar refractivity (Wildman–Crippen MR) is 118 cm³/mol. The minimum absolute atomic E-state index is 0.0536. The molecule has 2 N–H and O–H groups in total. The topological polar surface area (TPSA) is 62.0 Å². The highest BCUT2D eigenvalue weighted by molar-refractivity contribution is 7.89. The minimum atomic E-state index is -4.50. The minimum Gasteiger partial charge on any atom is -0.361 e. The number of rotatable bonds is 5. The lowest BCUT2D eigenvalue weighted by atomic mass is 9.98. The summed E-state index contributed by atoms with van der Waals surface area (Å²) in [5.74, 6) is 0. The molecule has 1 unspecified atom stereocenters. The van der Waals surface area contributed by atoms with E-state index in [0.29, 0.717) is 21.5 Å². The Morgan fingerprint density at radius 3 is 2.25 bits per heavy atom. The molecular formula is C23H18ClF3N2O2S. The first kappa shape index (κ1) is 22.4. The number of benzene rings is 3. The van der Waals surface area contributed by atoms with Crippen LogP contribution in [-0.2, 0) is 16.2 Å². The fraction of sp³-hybridized carbons (Fsp3) is 0.130. The van der Waals surface area contributed by atoms with E-state index in [9.17, 15) is 21.6 Å². The summed E-state index contributed by atoms with van der Waals surface area (Å²) in [5.41, 5.74) is 1.70. The monoisotopic (exact) mass is 478 g/mol. The fourth-order valence-corrected chi connectivity index (χ4v) is 4.85. The van der Waals surface area contributed by atoms with Gasteiger partial charge in [-0.15, -0.1) is 0 Å². The van der Waals surface area contributed by atoms with E-state index in [2.05, 4.69) is 9.71 Å². The van der Waals surface area contributed by atoms with Gasteiger partial charge >= 0.3 is 6.18 Å². The number of hydrogen-bond acceptors (Lipinski definition) is 2. The summed E-state index contributed by atoms with van der Waals surface area (Å²) >= 11 is 6.14. The molecule has 0 bridgehead atoms. The van der Waals surface area contributed by atoms with Crippen LogP contribution in [0, 0.1) is 6.92 Å². The van der Waals surface area contributed by atoms with E-state index < -0.39 is 27.8 Å². The summed E-state index contributed by atoms with van der Waals surface area (Å²) < 4.78 is 68.0. The second kappa shape index (κ2) is 8.27. The van der Waals surface area contributed by atoms with Gasteiger partial charge in [-0.2, -0.15) is 17.9 Å². The molecule has 166 valence electrons. The molecule has 0 saturated heterocycles. The third-order valence-corrected chi connectivity index (χ3v) is 6.84. The zero-order valence-corrected chi connectivity index (χ0v) is 18.3. The maximum Gasteiger partial charge on any atom is 0.416 e. The van der Waals surface area contributed by atoms with Crippen molar-refractivity contribution in [3.05, 3.63) is 100 Å². The molecule has 4 nitrogen and oxygen atoms in total. The summed E-state index contributed by atoms with van der Waals surface area (Å²) in [6.45, 7) is 1.84. The Kier molecular flexibility index (Phi) is 5.79. The van der Waals surface area contributed by atoms with Crippen molar-refractivity contribution in [3.8, 4) is 0 Å². The standard InChI is InChI=1S/C23H18ClF3N2O2S/c1-14-2-9-18(10-3-14)32(30,31)29-22(15-4-6-16(7-5-15)23(25,26)27)20-13-28-21-11-8-17(24)12-19(20)21/h2-13,22,28-29H,1H3. The summed E-state index contributed by atoms with van der Waals surface area (Å²) in [6.07, 6.45) is -2.87. The average molecular weight is 479 g/mol. The van der Waals surface area contributed by atoms with Crippen molar-refractivity contribution in [2.24, 2.45) is 0 Å². The van der Waals surface area contributed by atoms with Crippen molar-refractivity contribution in [3.63, 3.8) is 0 Å². The normalized spacial score (nSPS) is 13.4. The molecule has 1 heterocycles. The van der Waals surface area contributed by atoms with Crippen LogP contribution in [0.15, 0.2) is 77.8 Å². The summed E-state index contributed by atoms with van der Waals surface area (Å²) in [6, 6.07) is 14.9. The Bertz CT molecular complexity index is 1360. The SMILES string of the molecule is Cc1ccc(S(=O)(=O)NC(c2ccc(C(F)(F)F)cc2)c2c[nH]c3ccc(Cl)cc23)cc1. The molecule has 3 aromatic carbocycles. The maximum atomic E-state index is 13.1. The van der Waals surface area contributed by atoms with E-state index >= 15 is 0 Å². The van der Waals surface area contributed by atoms with Crippen LogP contribution in [0.3, 0.4) is 0 Å². The molecular weight excluding hydrogens is 461 g/mol. The molecule has 4 rings (SSSR count). The Morgan fingerprint density at radius 2 is 1.62 bits per heavy atom. The van der Waals surface area contributed by atoms with E-state index in [-0.39, 0.29) is 4.90 Å². The van der Waals surface area contributed by atoms with Gasteiger partial charge in [0.05, 0.1) is 16.5 Å². The summed E-state index contributed by atoms with van der Waals surface area (Å²) in [5, 5.41) is 1.11. The molecule has 1 atom stereocenters. The quantitative estimate of drug-likeness (QED) is 0.358. The number of alkyl halides is 3. The Balaban J connectivity index is 1.83. The number of H-pyrrole nitrogens is 1. The number of halogens is 4. The molecule has 1 aromatic heterocycles. The van der Waals surface area contributed by atoms with Crippen LogP contribution < -0.4 is 4.72 Å². The highest BCUT2D eigenvalue weighted by Crippen LogP contribution is 2.34. The van der Waals surface area contributed by atoms with Crippen molar-refractivity contribution in [1.82, 2.24) is 9.71 Å². The molecule has 0 amide bonds. The fourth-order valence-electron chi connectivity index (χ4n) is 3.47. The van der Waals surface area contributed by atoms with Crippen molar-refractivity contribution in [2.75, 3.05) is 0 Å². The van der Waals surface area contributed by atoms with Crippen molar-refractivity contribution in [1.29, 1.82) is 0 Å². The Labute approximate surface area is 188 Å². The largest absolute Gasteiger partial charge is 0.416 e. The predicted octanol–water partition coefficient (Wildman–Crippen LogP) is 6.22. The van der Waals surface area contributed by atoms with Gasteiger partial charge in [-0.25, -0.2) is 8.42 Å². The first-order valence-corrected chi connectivity index (χ1v) is 11.4. The third kappa shape index (κ3) is 4.53. The molecule has 0 aliphatic rings. The Hall–Kier alpha value is -2.81. The van der Waals surface area contributed by atoms with Crippen molar-refractivity contribution in [2.45, 2.75) is 24.0 Å². The highest BCUT2D eigenvalue weighted by atomic mass is 35.5.